The van der Waals surface area contributed by atoms with Crippen LogP contribution in [0, 0.1) is 0 Å². The van der Waals surface area contributed by atoms with Crippen LogP contribution in [0.15, 0.2) is 18.2 Å². The zero-order valence-corrected chi connectivity index (χ0v) is 13.0. The summed E-state index contributed by atoms with van der Waals surface area (Å²) in [6, 6.07) is 5.67. The average molecular weight is 294 g/mol. The second kappa shape index (κ2) is 10.0. The van der Waals surface area contributed by atoms with Crippen molar-refractivity contribution in [3.8, 4) is 5.75 Å². The fraction of sp³-hybridized carbons (Fsp3) is 0.562. The number of amides is 1. The molecule has 0 spiro atoms. The van der Waals surface area contributed by atoms with E-state index in [9.17, 15) is 4.79 Å². The van der Waals surface area contributed by atoms with Crippen LogP contribution in [0.5, 0.6) is 5.75 Å². The highest BCUT2D eigenvalue weighted by Gasteiger charge is 2.05. The molecule has 1 amide bonds. The Labute approximate surface area is 126 Å². The molecule has 0 heterocycles. The fourth-order valence-electron chi connectivity index (χ4n) is 1.93. The number of aryl methyl sites for hydroxylation is 1. The maximum atomic E-state index is 11.7. The average Bonchev–Trinajstić information content (AvgIpc) is 2.47. The van der Waals surface area contributed by atoms with E-state index in [0.29, 0.717) is 50.6 Å². The molecule has 1 aromatic rings. The molecular formula is C16H26N2O3. The lowest BCUT2D eigenvalue weighted by Crippen LogP contribution is -2.25. The molecule has 0 aliphatic carbocycles. The minimum atomic E-state index is 0.0546. The van der Waals surface area contributed by atoms with Gasteiger partial charge in [-0.25, -0.2) is 0 Å². The van der Waals surface area contributed by atoms with Gasteiger partial charge in [-0.3, -0.25) is 4.79 Å². The van der Waals surface area contributed by atoms with Gasteiger partial charge in [0.25, 0.3) is 0 Å². The molecular weight excluding hydrogens is 268 g/mol. The van der Waals surface area contributed by atoms with Crippen molar-refractivity contribution < 1.29 is 14.3 Å². The van der Waals surface area contributed by atoms with E-state index < -0.39 is 0 Å². The zero-order chi connectivity index (χ0) is 15.5. The van der Waals surface area contributed by atoms with Gasteiger partial charge in [0, 0.05) is 26.2 Å². The maximum Gasteiger partial charge on any atom is 0.220 e. The largest absolute Gasteiger partial charge is 0.492 e. The number of carbonyl (C=O) groups is 1. The maximum absolute atomic E-state index is 11.7. The van der Waals surface area contributed by atoms with E-state index >= 15 is 0 Å². The van der Waals surface area contributed by atoms with Gasteiger partial charge in [-0.15, -0.1) is 0 Å². The smallest absolute Gasteiger partial charge is 0.220 e. The minimum Gasteiger partial charge on any atom is -0.492 e. The number of anilines is 1. The van der Waals surface area contributed by atoms with Gasteiger partial charge in [0.05, 0.1) is 12.3 Å². The van der Waals surface area contributed by atoms with E-state index in [1.165, 1.54) is 0 Å². The Kier molecular flexibility index (Phi) is 8.28. The summed E-state index contributed by atoms with van der Waals surface area (Å²) in [5.74, 6) is 0.751. The van der Waals surface area contributed by atoms with Crippen molar-refractivity contribution in [2.24, 2.45) is 0 Å². The molecule has 0 atom stereocenters. The summed E-state index contributed by atoms with van der Waals surface area (Å²) < 4.78 is 10.6. The number of hydrogen-bond acceptors (Lipinski definition) is 4. The normalized spacial score (nSPS) is 10.4. The fourth-order valence-corrected chi connectivity index (χ4v) is 1.93. The zero-order valence-electron chi connectivity index (χ0n) is 13.0. The van der Waals surface area contributed by atoms with Crippen molar-refractivity contribution in [2.75, 3.05) is 32.1 Å². The Morgan fingerprint density at radius 1 is 1.29 bits per heavy atom. The third-order valence-corrected chi connectivity index (χ3v) is 3.01. The second-order valence-electron chi connectivity index (χ2n) is 4.71. The molecule has 5 nitrogen and oxygen atoms in total. The molecule has 5 heteroatoms. The summed E-state index contributed by atoms with van der Waals surface area (Å²) in [5.41, 5.74) is 7.56. The Bertz CT molecular complexity index is 436. The van der Waals surface area contributed by atoms with Crippen molar-refractivity contribution in [3.63, 3.8) is 0 Å². The molecule has 118 valence electrons. The SMILES string of the molecule is CCOCCCNC(=O)CCc1ccc(OCC)c(N)c1. The van der Waals surface area contributed by atoms with Crippen molar-refractivity contribution >= 4 is 11.6 Å². The molecule has 0 unspecified atom stereocenters. The lowest BCUT2D eigenvalue weighted by molar-refractivity contribution is -0.121. The van der Waals surface area contributed by atoms with Gasteiger partial charge in [-0.2, -0.15) is 0 Å². The molecule has 1 rings (SSSR count). The van der Waals surface area contributed by atoms with E-state index in [2.05, 4.69) is 5.32 Å². The third kappa shape index (κ3) is 6.99. The van der Waals surface area contributed by atoms with Gasteiger partial charge in [-0.05, 0) is 44.4 Å². The molecule has 21 heavy (non-hydrogen) atoms. The van der Waals surface area contributed by atoms with E-state index in [1.807, 2.05) is 32.0 Å². The van der Waals surface area contributed by atoms with Crippen LogP contribution in [0.25, 0.3) is 0 Å². The van der Waals surface area contributed by atoms with Gasteiger partial charge in [0.2, 0.25) is 5.91 Å². The number of hydrogen-bond donors (Lipinski definition) is 2. The van der Waals surface area contributed by atoms with Crippen LogP contribution in [0.1, 0.15) is 32.3 Å². The number of nitrogen functional groups attached to an aromatic ring is 1. The molecule has 0 aliphatic heterocycles. The van der Waals surface area contributed by atoms with Crippen LogP contribution in [-0.2, 0) is 16.0 Å². The van der Waals surface area contributed by atoms with E-state index in [0.717, 1.165) is 12.0 Å². The highest BCUT2D eigenvalue weighted by atomic mass is 16.5. The predicted molar refractivity (Wildman–Crippen MR) is 84.5 cm³/mol. The molecule has 1 aromatic carbocycles. The Morgan fingerprint density at radius 2 is 2.10 bits per heavy atom. The van der Waals surface area contributed by atoms with Crippen LogP contribution < -0.4 is 15.8 Å². The molecule has 0 radical (unpaired) electrons. The highest BCUT2D eigenvalue weighted by Crippen LogP contribution is 2.23. The van der Waals surface area contributed by atoms with Crippen LogP contribution in [0.4, 0.5) is 5.69 Å². The Morgan fingerprint density at radius 3 is 2.76 bits per heavy atom. The molecule has 0 saturated heterocycles. The Balaban J connectivity index is 2.28. The monoisotopic (exact) mass is 294 g/mol. The number of carbonyl (C=O) groups excluding carboxylic acids is 1. The Hall–Kier alpha value is -1.75. The lowest BCUT2D eigenvalue weighted by Gasteiger charge is -2.09. The van der Waals surface area contributed by atoms with Gasteiger partial charge >= 0.3 is 0 Å². The summed E-state index contributed by atoms with van der Waals surface area (Å²) in [5, 5.41) is 2.88. The van der Waals surface area contributed by atoms with Crippen molar-refractivity contribution in [1.82, 2.24) is 5.32 Å². The molecule has 0 fully saturated rings. The number of nitrogens with two attached hydrogens (primary N) is 1. The van der Waals surface area contributed by atoms with Crippen LogP contribution in [-0.4, -0.2) is 32.3 Å². The first-order chi connectivity index (χ1) is 10.2. The van der Waals surface area contributed by atoms with Crippen molar-refractivity contribution in [1.29, 1.82) is 0 Å². The summed E-state index contributed by atoms with van der Waals surface area (Å²) in [6.07, 6.45) is 1.98. The molecule has 3 N–H and O–H groups in total. The third-order valence-electron chi connectivity index (χ3n) is 3.01. The van der Waals surface area contributed by atoms with E-state index in [1.54, 1.807) is 0 Å². The predicted octanol–water partition coefficient (Wildman–Crippen LogP) is 2.14. The van der Waals surface area contributed by atoms with Gasteiger partial charge in [-0.1, -0.05) is 6.07 Å². The number of benzene rings is 1. The molecule has 0 bridgehead atoms. The minimum absolute atomic E-state index is 0.0546. The molecule has 0 aliphatic rings. The standard InChI is InChI=1S/C16H26N2O3/c1-3-20-11-5-10-18-16(19)9-7-13-6-8-15(21-4-2)14(17)12-13/h6,8,12H,3-5,7,9-11,17H2,1-2H3,(H,18,19). The number of rotatable bonds is 10. The summed E-state index contributed by atoms with van der Waals surface area (Å²) >= 11 is 0. The van der Waals surface area contributed by atoms with Gasteiger partial charge < -0.3 is 20.5 Å². The van der Waals surface area contributed by atoms with E-state index in [-0.39, 0.29) is 5.91 Å². The van der Waals surface area contributed by atoms with Crippen LogP contribution >= 0.6 is 0 Å². The highest BCUT2D eigenvalue weighted by molar-refractivity contribution is 5.76. The summed E-state index contributed by atoms with van der Waals surface area (Å²) in [6.45, 7) is 6.53. The lowest BCUT2D eigenvalue weighted by atomic mass is 10.1. The van der Waals surface area contributed by atoms with Crippen LogP contribution in [0.2, 0.25) is 0 Å². The topological polar surface area (TPSA) is 73.6 Å². The molecule has 0 aromatic heterocycles. The van der Waals surface area contributed by atoms with Crippen LogP contribution in [0.3, 0.4) is 0 Å². The first kappa shape index (κ1) is 17.3. The first-order valence-electron chi connectivity index (χ1n) is 7.53. The number of ether oxygens (including phenoxy) is 2. The second-order valence-corrected chi connectivity index (χ2v) is 4.71. The van der Waals surface area contributed by atoms with Gasteiger partial charge in [0.15, 0.2) is 0 Å². The van der Waals surface area contributed by atoms with Crippen molar-refractivity contribution in [2.45, 2.75) is 33.1 Å². The summed E-state index contributed by atoms with van der Waals surface area (Å²) in [4.78, 5) is 11.7. The van der Waals surface area contributed by atoms with Crippen molar-refractivity contribution in [3.05, 3.63) is 23.8 Å². The quantitative estimate of drug-likeness (QED) is 0.512. The number of nitrogens with one attached hydrogen (secondary N) is 1. The van der Waals surface area contributed by atoms with E-state index in [4.69, 9.17) is 15.2 Å². The summed E-state index contributed by atoms with van der Waals surface area (Å²) in [7, 11) is 0. The molecule has 0 saturated carbocycles. The van der Waals surface area contributed by atoms with Gasteiger partial charge in [0.1, 0.15) is 5.75 Å². The first-order valence-corrected chi connectivity index (χ1v) is 7.53.